The minimum Gasteiger partial charge on any atom is -0.748 e. The smallest absolute Gasteiger partial charge is 0.748 e. The van der Waals surface area contributed by atoms with Crippen molar-refractivity contribution in [2.45, 2.75) is 13.3 Å². The van der Waals surface area contributed by atoms with Crippen molar-refractivity contribution in [2.24, 2.45) is 0 Å². The third-order valence-corrected chi connectivity index (χ3v) is 1.75. The van der Waals surface area contributed by atoms with Crippen LogP contribution in [0.25, 0.3) is 0 Å². The maximum absolute atomic E-state index is 9.94. The third-order valence-electron chi connectivity index (χ3n) is 1.05. The predicted octanol–water partition coefficient (Wildman–Crippen LogP) is -2.24. The maximum Gasteiger partial charge on any atom is 1.00 e. The first-order chi connectivity index (χ1) is 6.24. The van der Waals surface area contributed by atoms with Crippen molar-refractivity contribution in [3.63, 3.8) is 0 Å². The number of carboxylic acid groups (broad SMARTS) is 1. The van der Waals surface area contributed by atoms with Crippen molar-refractivity contribution in [1.29, 1.82) is 0 Å². The second-order valence-electron chi connectivity index (χ2n) is 2.25. The number of carbonyl (C=O) groups is 1. The van der Waals surface area contributed by atoms with E-state index in [2.05, 4.69) is 13.2 Å². The Kier molecular flexibility index (Phi) is 14.0. The number of hydrogen-bond donors (Lipinski definition) is 1. The molecule has 7 heteroatoms. The van der Waals surface area contributed by atoms with E-state index in [-0.39, 0.29) is 40.9 Å². The van der Waals surface area contributed by atoms with Crippen LogP contribution >= 0.6 is 0 Å². The first-order valence-corrected chi connectivity index (χ1v) is 5.27. The van der Waals surface area contributed by atoms with Crippen LogP contribution in [0.1, 0.15) is 13.3 Å². The molecule has 0 atom stereocenters. The van der Waals surface area contributed by atoms with E-state index in [0.717, 1.165) is 0 Å². The minimum absolute atomic E-state index is 0. The Bertz CT molecular complexity index is 307. The monoisotopic (exact) mass is 244 g/mol. The van der Waals surface area contributed by atoms with E-state index in [0.29, 0.717) is 6.42 Å². The van der Waals surface area contributed by atoms with Crippen molar-refractivity contribution in [3.8, 4) is 0 Å². The molecule has 0 spiro atoms. The Morgan fingerprint density at radius 2 is 1.87 bits per heavy atom. The van der Waals surface area contributed by atoms with Crippen LogP contribution in [0.4, 0.5) is 0 Å². The van der Waals surface area contributed by atoms with Crippen LogP contribution in [0.3, 0.4) is 0 Å². The largest absolute Gasteiger partial charge is 1.00 e. The van der Waals surface area contributed by atoms with E-state index in [1.165, 1.54) is 13.0 Å². The maximum atomic E-state index is 9.94. The summed E-state index contributed by atoms with van der Waals surface area (Å²) in [6, 6.07) is 0. The molecule has 0 bridgehead atoms. The molecule has 0 aliphatic heterocycles. The summed E-state index contributed by atoms with van der Waals surface area (Å²) in [5.74, 6) is -1.27. The fraction of sp³-hybridized carbons (Fsp3) is 0.375. The molecule has 0 unspecified atom stereocenters. The van der Waals surface area contributed by atoms with Gasteiger partial charge in [-0.2, -0.15) is 0 Å². The summed E-state index contributed by atoms with van der Waals surface area (Å²) in [5, 5.41) is 8.17. The average Bonchev–Trinajstić information content (AvgIpc) is 2.04. The van der Waals surface area contributed by atoms with Gasteiger partial charge in [-0.05, 0) is 6.42 Å². The first kappa shape index (κ1) is 20.3. The van der Waals surface area contributed by atoms with Crippen molar-refractivity contribution in [3.05, 3.63) is 24.8 Å². The molecule has 0 aliphatic carbocycles. The number of allylic oxidation sites excluding steroid dienone is 1. The molecule has 5 nitrogen and oxygen atoms in total. The quantitative estimate of drug-likeness (QED) is 0.261. The van der Waals surface area contributed by atoms with Gasteiger partial charge in [0.1, 0.15) is 0 Å². The van der Waals surface area contributed by atoms with E-state index in [1.807, 2.05) is 0 Å². The molecule has 82 valence electrons. The molecular weight excluding hydrogens is 231 g/mol. The fourth-order valence-corrected chi connectivity index (χ4v) is 0.262. The van der Waals surface area contributed by atoms with Crippen LogP contribution in [0.2, 0.25) is 0 Å². The van der Waals surface area contributed by atoms with E-state index in [4.69, 9.17) is 5.11 Å². The molecule has 0 saturated heterocycles. The summed E-state index contributed by atoms with van der Waals surface area (Å²) in [6.07, 6.45) is 1.87. The molecule has 0 fully saturated rings. The molecule has 0 radical (unpaired) electrons. The van der Waals surface area contributed by atoms with E-state index in [1.54, 1.807) is 0 Å². The van der Waals surface area contributed by atoms with Crippen LogP contribution in [0, 0.1) is 0 Å². The molecule has 0 aliphatic rings. The Balaban J connectivity index is -0.000000187. The van der Waals surface area contributed by atoms with Gasteiger partial charge in [0.15, 0.2) is 0 Å². The summed E-state index contributed by atoms with van der Waals surface area (Å²) in [5.41, 5.74) is 0.181. The van der Waals surface area contributed by atoms with Crippen LogP contribution in [0.15, 0.2) is 24.8 Å². The molecule has 0 heterocycles. The molecule has 0 amide bonds. The van der Waals surface area contributed by atoms with Crippen LogP contribution in [0.5, 0.6) is 0 Å². The first-order valence-electron chi connectivity index (χ1n) is 3.70. The van der Waals surface area contributed by atoms with Crippen LogP contribution < -0.4 is 29.6 Å². The van der Waals surface area contributed by atoms with Gasteiger partial charge in [0, 0.05) is 11.3 Å². The zero-order valence-corrected chi connectivity index (χ0v) is 11.7. The van der Waals surface area contributed by atoms with E-state index >= 15 is 0 Å². The van der Waals surface area contributed by atoms with Gasteiger partial charge in [0.25, 0.3) is 0 Å². The standard InChI is InChI=1S/C6H8O2.C2H6O3S.Na/c1-3-4-5(2)6(7)8;1-2-6(3,4)5;/h3H,1-2,4H2,(H,7,8);2H2,1H3,(H,3,4,5);/q;;+1/p-1. The third kappa shape index (κ3) is 20.1. The van der Waals surface area contributed by atoms with Crippen LogP contribution in [-0.4, -0.2) is 29.8 Å². The van der Waals surface area contributed by atoms with Gasteiger partial charge >= 0.3 is 35.5 Å². The molecule has 1 N–H and O–H groups in total. The van der Waals surface area contributed by atoms with Gasteiger partial charge in [0.2, 0.25) is 0 Å². The van der Waals surface area contributed by atoms with Crippen molar-refractivity contribution in [1.82, 2.24) is 0 Å². The Hall–Kier alpha value is -0.140. The van der Waals surface area contributed by atoms with Gasteiger partial charge < -0.3 is 9.66 Å². The predicted molar refractivity (Wildman–Crippen MR) is 51.8 cm³/mol. The molecule has 0 aromatic rings. The number of aliphatic carboxylic acids is 1. The van der Waals surface area contributed by atoms with Gasteiger partial charge in [-0.15, -0.1) is 6.58 Å². The molecular formula is C8H13NaO5S. The average molecular weight is 244 g/mol. The zero-order valence-electron chi connectivity index (χ0n) is 8.89. The normalized spacial score (nSPS) is 8.93. The topological polar surface area (TPSA) is 94.5 Å². The number of hydrogen-bond acceptors (Lipinski definition) is 4. The van der Waals surface area contributed by atoms with Gasteiger partial charge in [-0.1, -0.05) is 19.6 Å². The van der Waals surface area contributed by atoms with Gasteiger partial charge in [0.05, 0.1) is 10.1 Å². The van der Waals surface area contributed by atoms with Gasteiger partial charge in [-0.25, -0.2) is 13.2 Å². The van der Waals surface area contributed by atoms with Gasteiger partial charge in [-0.3, -0.25) is 0 Å². The molecule has 0 aromatic carbocycles. The zero-order chi connectivity index (χ0) is 11.8. The minimum atomic E-state index is -3.91. The second kappa shape index (κ2) is 10.4. The van der Waals surface area contributed by atoms with Crippen LogP contribution in [-0.2, 0) is 14.9 Å². The molecule has 0 aromatic heterocycles. The van der Waals surface area contributed by atoms with Crippen molar-refractivity contribution in [2.75, 3.05) is 5.75 Å². The summed E-state index contributed by atoms with van der Waals surface area (Å²) in [7, 11) is -3.91. The van der Waals surface area contributed by atoms with E-state index < -0.39 is 16.1 Å². The SMILES string of the molecule is C=CCC(=C)C(=O)O.CCS(=O)(=O)[O-].[Na+]. The summed E-state index contributed by atoms with van der Waals surface area (Å²) in [4.78, 5) is 9.94. The Morgan fingerprint density at radius 3 is 1.93 bits per heavy atom. The summed E-state index contributed by atoms with van der Waals surface area (Å²) >= 11 is 0. The van der Waals surface area contributed by atoms with Crippen molar-refractivity contribution < 1.29 is 52.4 Å². The number of rotatable bonds is 4. The fourth-order valence-electron chi connectivity index (χ4n) is 0.262. The second-order valence-corrected chi connectivity index (χ2v) is 3.94. The molecule has 0 rings (SSSR count). The Morgan fingerprint density at radius 1 is 1.53 bits per heavy atom. The molecule has 0 saturated carbocycles. The molecule has 15 heavy (non-hydrogen) atoms. The summed E-state index contributed by atoms with van der Waals surface area (Å²) in [6.45, 7) is 7.94. The van der Waals surface area contributed by atoms with Crippen molar-refractivity contribution >= 4 is 16.1 Å². The summed E-state index contributed by atoms with van der Waals surface area (Å²) < 4.78 is 28.3. The Labute approximate surface area is 112 Å². The van der Waals surface area contributed by atoms with E-state index in [9.17, 15) is 17.8 Å². The number of carboxylic acids is 1.